The molecule has 0 saturated heterocycles. The fraction of sp³-hybridized carbons (Fsp3) is 0.0455. The Morgan fingerprint density at radius 3 is 2.64 bits per heavy atom. The number of methoxy groups -OCH3 is 1. The van der Waals surface area contributed by atoms with E-state index in [1.165, 1.54) is 7.11 Å². The molecule has 4 rings (SSSR count). The minimum Gasteiger partial charge on any atom is -0.496 e. The van der Waals surface area contributed by atoms with Gasteiger partial charge in [0.2, 0.25) is 0 Å². The first-order valence-corrected chi connectivity index (χ1v) is 8.99. The lowest BCUT2D eigenvalue weighted by molar-refractivity contribution is 0.102. The van der Waals surface area contributed by atoms with Crippen LogP contribution in [0.15, 0.2) is 72.9 Å². The number of hydrogen-bond acceptors (Lipinski definition) is 4. The molecule has 138 valence electrons. The van der Waals surface area contributed by atoms with Crippen LogP contribution in [-0.2, 0) is 0 Å². The van der Waals surface area contributed by atoms with Crippen LogP contribution in [0.5, 0.6) is 5.75 Å². The second-order valence-corrected chi connectivity index (χ2v) is 6.54. The van der Waals surface area contributed by atoms with Crippen LogP contribution in [0.1, 0.15) is 10.4 Å². The summed E-state index contributed by atoms with van der Waals surface area (Å²) in [5, 5.41) is 4.23. The quantitative estimate of drug-likeness (QED) is 0.520. The van der Waals surface area contributed by atoms with Gasteiger partial charge in [0.1, 0.15) is 11.6 Å². The molecule has 0 spiro atoms. The molecular formula is C22H16ClN3O2. The first kappa shape index (κ1) is 17.9. The number of aromatic nitrogens is 2. The number of carbonyl (C=O) groups is 1. The number of carbonyl (C=O) groups excluding carboxylic acids is 1. The molecule has 5 nitrogen and oxygen atoms in total. The van der Waals surface area contributed by atoms with Gasteiger partial charge in [0.25, 0.3) is 5.91 Å². The summed E-state index contributed by atoms with van der Waals surface area (Å²) in [6.45, 7) is 0. The van der Waals surface area contributed by atoms with Gasteiger partial charge in [-0.25, -0.2) is 9.97 Å². The third kappa shape index (κ3) is 3.52. The van der Waals surface area contributed by atoms with Crippen molar-refractivity contribution in [2.24, 2.45) is 0 Å². The van der Waals surface area contributed by atoms with Gasteiger partial charge < -0.3 is 10.1 Å². The van der Waals surface area contributed by atoms with Crippen molar-refractivity contribution < 1.29 is 9.53 Å². The number of nitrogens with one attached hydrogen (secondary N) is 1. The third-order valence-corrected chi connectivity index (χ3v) is 4.55. The van der Waals surface area contributed by atoms with Gasteiger partial charge >= 0.3 is 0 Å². The molecule has 4 aromatic rings. The van der Waals surface area contributed by atoms with Crippen molar-refractivity contribution in [2.75, 3.05) is 12.4 Å². The largest absolute Gasteiger partial charge is 0.496 e. The van der Waals surface area contributed by atoms with Crippen LogP contribution >= 0.6 is 11.6 Å². The zero-order valence-electron chi connectivity index (χ0n) is 15.0. The highest BCUT2D eigenvalue weighted by atomic mass is 35.5. The van der Waals surface area contributed by atoms with Gasteiger partial charge in [0, 0.05) is 22.2 Å². The van der Waals surface area contributed by atoms with Crippen molar-refractivity contribution in [3.05, 3.63) is 83.5 Å². The lowest BCUT2D eigenvalue weighted by atomic mass is 10.0. The summed E-state index contributed by atoms with van der Waals surface area (Å²) in [4.78, 5) is 21.8. The average Bonchev–Trinajstić information content (AvgIpc) is 2.73. The summed E-state index contributed by atoms with van der Waals surface area (Å²) < 4.78 is 5.29. The SMILES string of the molecule is COc1ccc(Cl)cc1C(=O)Nc1nc2ncccc2cc1-c1ccccc1. The molecule has 0 radical (unpaired) electrons. The molecule has 0 aliphatic carbocycles. The standard InChI is InChI=1S/C22H16ClN3O2/c1-28-19-10-9-16(23)13-18(19)22(27)26-21-17(14-6-3-2-4-7-14)12-15-8-5-11-24-20(15)25-21/h2-13H,1H3,(H,24,25,26,27). The summed E-state index contributed by atoms with van der Waals surface area (Å²) in [7, 11) is 1.51. The number of pyridine rings is 2. The van der Waals surface area contributed by atoms with E-state index in [1.807, 2.05) is 48.5 Å². The Hall–Kier alpha value is -3.44. The number of anilines is 1. The number of benzene rings is 2. The lowest BCUT2D eigenvalue weighted by Gasteiger charge is -2.13. The van der Waals surface area contributed by atoms with Crippen molar-refractivity contribution >= 4 is 34.4 Å². The Balaban J connectivity index is 1.82. The lowest BCUT2D eigenvalue weighted by Crippen LogP contribution is -2.15. The Morgan fingerprint density at radius 1 is 1.04 bits per heavy atom. The van der Waals surface area contributed by atoms with Crippen LogP contribution in [0, 0.1) is 0 Å². The fourth-order valence-electron chi connectivity index (χ4n) is 2.97. The zero-order valence-corrected chi connectivity index (χ0v) is 15.8. The van der Waals surface area contributed by atoms with Gasteiger partial charge in [-0.3, -0.25) is 4.79 Å². The second-order valence-electron chi connectivity index (χ2n) is 6.10. The molecule has 2 aromatic heterocycles. The predicted octanol–water partition coefficient (Wildman–Crippen LogP) is 5.21. The van der Waals surface area contributed by atoms with Gasteiger partial charge in [0.15, 0.2) is 5.65 Å². The number of hydrogen-bond donors (Lipinski definition) is 1. The average molecular weight is 390 g/mol. The minimum atomic E-state index is -0.362. The zero-order chi connectivity index (χ0) is 19.5. The van der Waals surface area contributed by atoms with E-state index in [0.717, 1.165) is 16.5 Å². The smallest absolute Gasteiger partial charge is 0.260 e. The van der Waals surface area contributed by atoms with Gasteiger partial charge in [-0.1, -0.05) is 41.9 Å². The van der Waals surface area contributed by atoms with Crippen LogP contribution < -0.4 is 10.1 Å². The highest BCUT2D eigenvalue weighted by Gasteiger charge is 2.17. The molecule has 0 saturated carbocycles. The molecule has 28 heavy (non-hydrogen) atoms. The molecule has 0 fully saturated rings. The van der Waals surface area contributed by atoms with E-state index in [2.05, 4.69) is 15.3 Å². The number of ether oxygens (including phenoxy) is 1. The molecule has 6 heteroatoms. The molecule has 1 amide bonds. The van der Waals surface area contributed by atoms with E-state index < -0.39 is 0 Å². The molecule has 2 heterocycles. The Morgan fingerprint density at radius 2 is 1.86 bits per heavy atom. The van der Waals surface area contributed by atoms with Gasteiger partial charge in [0.05, 0.1) is 12.7 Å². The van der Waals surface area contributed by atoms with Crippen molar-refractivity contribution in [3.63, 3.8) is 0 Å². The van der Waals surface area contributed by atoms with Gasteiger partial charge in [-0.05, 0) is 42.0 Å². The van der Waals surface area contributed by atoms with E-state index in [4.69, 9.17) is 16.3 Å². The highest BCUT2D eigenvalue weighted by molar-refractivity contribution is 6.31. The summed E-state index contributed by atoms with van der Waals surface area (Å²) in [6.07, 6.45) is 1.67. The maximum Gasteiger partial charge on any atom is 0.260 e. The molecule has 1 N–H and O–H groups in total. The number of rotatable bonds is 4. The van der Waals surface area contributed by atoms with E-state index in [-0.39, 0.29) is 5.91 Å². The maximum absolute atomic E-state index is 13.0. The van der Waals surface area contributed by atoms with Crippen molar-refractivity contribution in [1.82, 2.24) is 9.97 Å². The molecule has 2 aromatic carbocycles. The fourth-order valence-corrected chi connectivity index (χ4v) is 3.14. The van der Waals surface area contributed by atoms with Crippen molar-refractivity contribution in [3.8, 4) is 16.9 Å². The Bertz CT molecular complexity index is 1160. The van der Waals surface area contributed by atoms with Crippen LogP contribution in [-0.4, -0.2) is 23.0 Å². The molecule has 0 unspecified atom stereocenters. The predicted molar refractivity (Wildman–Crippen MR) is 111 cm³/mol. The molecule has 0 aliphatic rings. The highest BCUT2D eigenvalue weighted by Crippen LogP contribution is 2.31. The summed E-state index contributed by atoms with van der Waals surface area (Å²) >= 11 is 6.06. The number of fused-ring (bicyclic) bond motifs is 1. The van der Waals surface area contributed by atoms with Gasteiger partial charge in [-0.2, -0.15) is 0 Å². The topological polar surface area (TPSA) is 64.1 Å². The Kier molecular flexibility index (Phi) is 4.91. The van der Waals surface area contributed by atoms with E-state index in [0.29, 0.717) is 27.8 Å². The molecule has 0 aliphatic heterocycles. The van der Waals surface area contributed by atoms with Crippen LogP contribution in [0.2, 0.25) is 5.02 Å². The third-order valence-electron chi connectivity index (χ3n) is 4.31. The van der Waals surface area contributed by atoms with Crippen LogP contribution in [0.25, 0.3) is 22.2 Å². The first-order valence-electron chi connectivity index (χ1n) is 8.62. The van der Waals surface area contributed by atoms with E-state index in [9.17, 15) is 4.79 Å². The van der Waals surface area contributed by atoms with E-state index in [1.54, 1.807) is 24.4 Å². The summed E-state index contributed by atoms with van der Waals surface area (Å²) in [5.41, 5.74) is 2.62. The molecule has 0 bridgehead atoms. The number of amides is 1. The number of halogens is 1. The van der Waals surface area contributed by atoms with Crippen molar-refractivity contribution in [1.29, 1.82) is 0 Å². The summed E-state index contributed by atoms with van der Waals surface area (Å²) in [6, 6.07) is 20.4. The maximum atomic E-state index is 13.0. The normalized spacial score (nSPS) is 10.6. The first-order chi connectivity index (χ1) is 13.7. The molecule has 0 atom stereocenters. The number of nitrogens with zero attached hydrogens (tertiary/aromatic N) is 2. The van der Waals surface area contributed by atoms with Crippen LogP contribution in [0.4, 0.5) is 5.82 Å². The Labute approximate surface area is 167 Å². The molecular weight excluding hydrogens is 374 g/mol. The van der Waals surface area contributed by atoms with Crippen LogP contribution in [0.3, 0.4) is 0 Å². The summed E-state index contributed by atoms with van der Waals surface area (Å²) in [5.74, 6) is 0.491. The van der Waals surface area contributed by atoms with Gasteiger partial charge in [-0.15, -0.1) is 0 Å². The van der Waals surface area contributed by atoms with E-state index >= 15 is 0 Å². The van der Waals surface area contributed by atoms with Crippen molar-refractivity contribution in [2.45, 2.75) is 0 Å². The minimum absolute atomic E-state index is 0.330. The second kappa shape index (κ2) is 7.66. The monoisotopic (exact) mass is 389 g/mol.